The molecule has 1 saturated heterocycles. The lowest BCUT2D eigenvalue weighted by molar-refractivity contribution is -0.209. The van der Waals surface area contributed by atoms with E-state index in [1.165, 1.54) is 0 Å². The highest BCUT2D eigenvalue weighted by molar-refractivity contribution is 5.88. The van der Waals surface area contributed by atoms with Crippen LogP contribution in [0.1, 0.15) is 41.0 Å². The first-order chi connectivity index (χ1) is 7.97. The number of carbonyl (C=O) groups excluding carboxylic acids is 2. The zero-order chi connectivity index (χ0) is 14.3. The number of aliphatic hydroxyl groups excluding tert-OH is 1. The van der Waals surface area contributed by atoms with Crippen molar-refractivity contribution in [2.24, 2.45) is 22.5 Å². The second-order valence-corrected chi connectivity index (χ2v) is 6.73. The Bertz CT molecular complexity index is 356. The lowest BCUT2D eigenvalue weighted by Gasteiger charge is -2.42. The molecule has 1 heterocycles. The number of hydrogen-bond acceptors (Lipinski definition) is 4. The standard InChI is InChI=1S/C13H23NO4/c1-12(2,3)8(10(14)16)7-6-13(4,5)9(15)11(17)18-7/h7-8,11,17H,6H2,1-5H3,(H2,14,16)/t7?,8-,11+/m1/s1. The maximum Gasteiger partial charge on any atom is 0.223 e. The molecular formula is C13H23NO4. The summed E-state index contributed by atoms with van der Waals surface area (Å²) in [6, 6.07) is 0. The largest absolute Gasteiger partial charge is 0.369 e. The van der Waals surface area contributed by atoms with Gasteiger partial charge in [-0.3, -0.25) is 9.59 Å². The predicted octanol–water partition coefficient (Wildman–Crippen LogP) is 0.837. The third kappa shape index (κ3) is 2.90. The molecule has 1 aliphatic heterocycles. The van der Waals surface area contributed by atoms with Gasteiger partial charge in [-0.25, -0.2) is 0 Å². The minimum Gasteiger partial charge on any atom is -0.369 e. The van der Waals surface area contributed by atoms with Crippen molar-refractivity contribution in [1.82, 2.24) is 0 Å². The van der Waals surface area contributed by atoms with Crippen LogP contribution in [0, 0.1) is 16.7 Å². The maximum absolute atomic E-state index is 11.7. The number of primary amides is 1. The summed E-state index contributed by atoms with van der Waals surface area (Å²) < 4.78 is 5.29. The number of hydrogen-bond donors (Lipinski definition) is 2. The van der Waals surface area contributed by atoms with Gasteiger partial charge in [-0.1, -0.05) is 34.6 Å². The first-order valence-electron chi connectivity index (χ1n) is 6.14. The molecule has 1 rings (SSSR count). The van der Waals surface area contributed by atoms with Crippen LogP contribution in [0.15, 0.2) is 0 Å². The molecule has 104 valence electrons. The number of ether oxygens (including phenoxy) is 1. The lowest BCUT2D eigenvalue weighted by Crippen LogP contribution is -2.53. The molecule has 0 saturated carbocycles. The zero-order valence-electron chi connectivity index (χ0n) is 11.7. The number of aliphatic hydroxyl groups is 1. The van der Waals surface area contributed by atoms with Gasteiger partial charge in [0.1, 0.15) is 0 Å². The molecule has 18 heavy (non-hydrogen) atoms. The minimum absolute atomic E-state index is 0.351. The van der Waals surface area contributed by atoms with Gasteiger partial charge in [-0.15, -0.1) is 0 Å². The Morgan fingerprint density at radius 2 is 2.00 bits per heavy atom. The van der Waals surface area contributed by atoms with Crippen LogP contribution in [0.5, 0.6) is 0 Å². The molecule has 1 amide bonds. The van der Waals surface area contributed by atoms with Gasteiger partial charge in [0.05, 0.1) is 12.0 Å². The van der Waals surface area contributed by atoms with E-state index >= 15 is 0 Å². The quantitative estimate of drug-likeness (QED) is 0.767. The molecule has 0 radical (unpaired) electrons. The fourth-order valence-corrected chi connectivity index (χ4v) is 2.58. The zero-order valence-corrected chi connectivity index (χ0v) is 11.7. The topological polar surface area (TPSA) is 89.6 Å². The summed E-state index contributed by atoms with van der Waals surface area (Å²) in [6.45, 7) is 9.16. The van der Waals surface area contributed by atoms with Gasteiger partial charge >= 0.3 is 0 Å². The van der Waals surface area contributed by atoms with Gasteiger partial charge < -0.3 is 15.6 Å². The van der Waals surface area contributed by atoms with Gasteiger partial charge in [-0.05, 0) is 11.8 Å². The molecule has 0 aliphatic carbocycles. The Labute approximate surface area is 108 Å². The number of carbonyl (C=O) groups is 2. The smallest absolute Gasteiger partial charge is 0.223 e. The Morgan fingerprint density at radius 3 is 2.33 bits per heavy atom. The van der Waals surface area contributed by atoms with Gasteiger partial charge in [-0.2, -0.15) is 0 Å². The van der Waals surface area contributed by atoms with Crippen LogP contribution in [-0.4, -0.2) is 29.2 Å². The van der Waals surface area contributed by atoms with Crippen LogP contribution in [0.2, 0.25) is 0 Å². The highest BCUT2D eigenvalue weighted by Crippen LogP contribution is 2.40. The van der Waals surface area contributed by atoms with E-state index in [1.807, 2.05) is 20.8 Å². The predicted molar refractivity (Wildman–Crippen MR) is 66.4 cm³/mol. The van der Waals surface area contributed by atoms with Crippen LogP contribution >= 0.6 is 0 Å². The van der Waals surface area contributed by atoms with Gasteiger partial charge in [0, 0.05) is 5.41 Å². The van der Waals surface area contributed by atoms with Crippen molar-refractivity contribution in [3.63, 3.8) is 0 Å². The fourth-order valence-electron chi connectivity index (χ4n) is 2.58. The first-order valence-corrected chi connectivity index (χ1v) is 6.14. The Balaban J connectivity index is 3.02. The van der Waals surface area contributed by atoms with Crippen LogP contribution in [0.25, 0.3) is 0 Å². The van der Waals surface area contributed by atoms with E-state index in [0.717, 1.165) is 0 Å². The van der Waals surface area contributed by atoms with Crippen molar-refractivity contribution in [3.8, 4) is 0 Å². The van der Waals surface area contributed by atoms with Crippen LogP contribution in [0.4, 0.5) is 0 Å². The lowest BCUT2D eigenvalue weighted by atomic mass is 9.70. The normalized spacial score (nSPS) is 30.0. The monoisotopic (exact) mass is 257 g/mol. The number of rotatable bonds is 2. The molecule has 3 N–H and O–H groups in total. The molecular weight excluding hydrogens is 234 g/mol. The molecule has 3 atom stereocenters. The molecule has 5 nitrogen and oxygen atoms in total. The molecule has 0 aromatic rings. The Kier molecular flexibility index (Phi) is 3.89. The van der Waals surface area contributed by atoms with Crippen molar-refractivity contribution in [2.45, 2.75) is 53.4 Å². The van der Waals surface area contributed by atoms with Crippen molar-refractivity contribution in [3.05, 3.63) is 0 Å². The summed E-state index contributed by atoms with van der Waals surface area (Å²) in [5, 5.41) is 9.66. The van der Waals surface area contributed by atoms with Crippen molar-refractivity contribution >= 4 is 11.7 Å². The first kappa shape index (κ1) is 15.1. The molecule has 0 aromatic heterocycles. The molecule has 1 fully saturated rings. The molecule has 0 spiro atoms. The van der Waals surface area contributed by atoms with E-state index in [9.17, 15) is 14.7 Å². The summed E-state index contributed by atoms with van der Waals surface area (Å²) >= 11 is 0. The van der Waals surface area contributed by atoms with Gasteiger partial charge in [0.2, 0.25) is 12.2 Å². The highest BCUT2D eigenvalue weighted by Gasteiger charge is 2.48. The Hall–Kier alpha value is -0.940. The molecule has 1 unspecified atom stereocenters. The number of amides is 1. The Morgan fingerprint density at radius 1 is 1.50 bits per heavy atom. The van der Waals surface area contributed by atoms with E-state index < -0.39 is 29.6 Å². The van der Waals surface area contributed by atoms with Gasteiger partial charge in [0.25, 0.3) is 0 Å². The number of ketones is 1. The van der Waals surface area contributed by atoms with Crippen molar-refractivity contribution < 1.29 is 19.4 Å². The summed E-state index contributed by atoms with van der Waals surface area (Å²) in [5.74, 6) is -1.36. The molecule has 1 aliphatic rings. The van der Waals surface area contributed by atoms with E-state index in [0.29, 0.717) is 6.42 Å². The van der Waals surface area contributed by atoms with Crippen molar-refractivity contribution in [2.75, 3.05) is 0 Å². The SMILES string of the molecule is CC1(C)CC([C@H](C(N)=O)C(C)(C)C)O[C@H](O)C1=O. The minimum atomic E-state index is -1.47. The molecule has 5 heteroatoms. The van der Waals surface area contributed by atoms with E-state index in [2.05, 4.69) is 0 Å². The summed E-state index contributed by atoms with van der Waals surface area (Å²) in [4.78, 5) is 23.4. The second kappa shape index (κ2) is 4.63. The van der Waals surface area contributed by atoms with Crippen LogP contribution in [-0.2, 0) is 14.3 Å². The average molecular weight is 257 g/mol. The molecule has 0 bridgehead atoms. The average Bonchev–Trinajstić information content (AvgIpc) is 2.10. The van der Waals surface area contributed by atoms with Crippen LogP contribution in [0.3, 0.4) is 0 Å². The van der Waals surface area contributed by atoms with Gasteiger partial charge in [0.15, 0.2) is 5.78 Å². The maximum atomic E-state index is 11.7. The summed E-state index contributed by atoms with van der Waals surface area (Å²) in [6.07, 6.45) is -1.62. The summed E-state index contributed by atoms with van der Waals surface area (Å²) in [5.41, 5.74) is 4.35. The second-order valence-electron chi connectivity index (χ2n) is 6.73. The highest BCUT2D eigenvalue weighted by atomic mass is 16.6. The number of Topliss-reactive ketones (excluding diaryl/α,β-unsaturated/α-hetero) is 1. The van der Waals surface area contributed by atoms with Crippen LogP contribution < -0.4 is 5.73 Å². The third-order valence-corrected chi connectivity index (χ3v) is 3.52. The number of nitrogens with two attached hydrogens (primary N) is 1. The fraction of sp³-hybridized carbons (Fsp3) is 0.846. The van der Waals surface area contributed by atoms with E-state index in [4.69, 9.17) is 10.5 Å². The molecule has 0 aromatic carbocycles. The van der Waals surface area contributed by atoms with E-state index in [-0.39, 0.29) is 11.2 Å². The van der Waals surface area contributed by atoms with E-state index in [1.54, 1.807) is 13.8 Å². The summed E-state index contributed by atoms with van der Waals surface area (Å²) in [7, 11) is 0. The van der Waals surface area contributed by atoms with Crippen molar-refractivity contribution in [1.29, 1.82) is 0 Å². The third-order valence-electron chi connectivity index (χ3n) is 3.52.